The van der Waals surface area contributed by atoms with Crippen molar-refractivity contribution in [3.05, 3.63) is 64.7 Å². The molecule has 2 aromatic carbocycles. The Kier molecular flexibility index (Phi) is 8.93. The highest BCUT2D eigenvalue weighted by molar-refractivity contribution is 6.46. The number of methoxy groups -OCH3 is 1. The molecule has 1 unspecified atom stereocenters. The van der Waals surface area contributed by atoms with Crippen LogP contribution in [0.25, 0.3) is 5.76 Å². The molecular weight excluding hydrogens is 446 g/mol. The van der Waals surface area contributed by atoms with E-state index in [2.05, 4.69) is 0 Å². The second-order valence-electron chi connectivity index (χ2n) is 8.87. The van der Waals surface area contributed by atoms with E-state index in [0.717, 1.165) is 23.3 Å². The van der Waals surface area contributed by atoms with Gasteiger partial charge >= 0.3 is 0 Å². The molecule has 1 aliphatic rings. The van der Waals surface area contributed by atoms with Gasteiger partial charge in [-0.2, -0.15) is 0 Å². The van der Waals surface area contributed by atoms with Crippen LogP contribution in [-0.4, -0.2) is 54.7 Å². The Hall–Kier alpha value is -3.32. The maximum absolute atomic E-state index is 13.2. The lowest BCUT2D eigenvalue weighted by Gasteiger charge is -2.25. The van der Waals surface area contributed by atoms with Crippen molar-refractivity contribution in [1.82, 2.24) is 4.90 Å². The van der Waals surface area contributed by atoms with Crippen molar-refractivity contribution in [2.45, 2.75) is 52.7 Å². The fraction of sp³-hybridized carbons (Fsp3) is 0.429. The van der Waals surface area contributed by atoms with Gasteiger partial charge in [0.05, 0.1) is 31.4 Å². The number of carbonyl (C=O) groups is 2. The largest absolute Gasteiger partial charge is 0.507 e. The minimum absolute atomic E-state index is 0.0755. The van der Waals surface area contributed by atoms with Crippen LogP contribution in [0.3, 0.4) is 0 Å². The molecule has 35 heavy (non-hydrogen) atoms. The molecule has 0 bridgehead atoms. The first-order valence-electron chi connectivity index (χ1n) is 12.1. The minimum Gasteiger partial charge on any atom is -0.507 e. The molecule has 1 amide bonds. The van der Waals surface area contributed by atoms with Crippen molar-refractivity contribution < 1.29 is 28.9 Å². The number of carbonyl (C=O) groups excluding carboxylic acids is 2. The van der Waals surface area contributed by atoms with Gasteiger partial charge < -0.3 is 24.2 Å². The number of amides is 1. The molecule has 0 saturated carbocycles. The van der Waals surface area contributed by atoms with Crippen LogP contribution in [0.2, 0.25) is 0 Å². The highest BCUT2D eigenvalue weighted by Gasteiger charge is 2.45. The monoisotopic (exact) mass is 481 g/mol. The third-order valence-electron chi connectivity index (χ3n) is 5.88. The lowest BCUT2D eigenvalue weighted by molar-refractivity contribution is -0.140. The maximum atomic E-state index is 13.2. The molecular formula is C28H35NO6. The molecule has 0 aromatic heterocycles. The van der Waals surface area contributed by atoms with Crippen molar-refractivity contribution >= 4 is 17.4 Å². The first-order valence-corrected chi connectivity index (χ1v) is 12.1. The lowest BCUT2D eigenvalue weighted by atomic mass is 9.94. The van der Waals surface area contributed by atoms with Crippen LogP contribution in [0.4, 0.5) is 0 Å². The maximum Gasteiger partial charge on any atom is 0.295 e. The van der Waals surface area contributed by atoms with Gasteiger partial charge in [0.2, 0.25) is 0 Å². The quantitative estimate of drug-likeness (QED) is 0.210. The average molecular weight is 482 g/mol. The predicted molar refractivity (Wildman–Crippen MR) is 135 cm³/mol. The number of hydrogen-bond acceptors (Lipinski definition) is 6. The van der Waals surface area contributed by atoms with Crippen LogP contribution in [0.5, 0.6) is 11.5 Å². The first-order chi connectivity index (χ1) is 16.8. The van der Waals surface area contributed by atoms with E-state index in [1.807, 2.05) is 39.8 Å². The highest BCUT2D eigenvalue weighted by Crippen LogP contribution is 2.40. The Labute approximate surface area is 207 Å². The summed E-state index contributed by atoms with van der Waals surface area (Å²) in [7, 11) is 1.58. The fourth-order valence-electron chi connectivity index (χ4n) is 4.12. The molecule has 1 N–H and O–H groups in total. The average Bonchev–Trinajstić information content (AvgIpc) is 3.10. The number of aliphatic hydroxyl groups is 1. The number of likely N-dealkylation sites (tertiary alicyclic amines) is 1. The molecule has 1 fully saturated rings. The third-order valence-corrected chi connectivity index (χ3v) is 5.88. The number of nitrogens with zero attached hydrogens (tertiary/aromatic N) is 1. The molecule has 2 aromatic rings. The zero-order valence-corrected chi connectivity index (χ0v) is 21.2. The zero-order chi connectivity index (χ0) is 25.5. The van der Waals surface area contributed by atoms with E-state index in [0.29, 0.717) is 37.5 Å². The summed E-state index contributed by atoms with van der Waals surface area (Å²) < 4.78 is 16.6. The Morgan fingerprint density at radius 1 is 1.09 bits per heavy atom. The van der Waals surface area contributed by atoms with Gasteiger partial charge in [-0.05, 0) is 75.1 Å². The first kappa shape index (κ1) is 26.3. The minimum atomic E-state index is -0.712. The van der Waals surface area contributed by atoms with Gasteiger partial charge in [-0.3, -0.25) is 9.59 Å². The van der Waals surface area contributed by atoms with Crippen LogP contribution in [-0.2, 0) is 14.3 Å². The SMILES string of the molecule is CCCOc1ccc(/C(O)=C2/C(=O)C(=O)N(CCCOC(C)C)C2c2ccc(OC)cc2)cc1C. The second-order valence-corrected chi connectivity index (χ2v) is 8.87. The smallest absolute Gasteiger partial charge is 0.295 e. The standard InChI is InChI=1S/C28H35NO6/c1-6-15-35-23-13-10-21(17-19(23)4)26(30)24-25(20-8-11-22(33-5)12-9-20)29(28(32)27(24)31)14-7-16-34-18(2)3/h8-13,17-18,25,30H,6-7,14-16H2,1-5H3/b26-24-. The molecule has 0 spiro atoms. The Balaban J connectivity index is 2.02. The number of aryl methyl sites for hydroxylation is 1. The van der Waals surface area contributed by atoms with Crippen LogP contribution >= 0.6 is 0 Å². The number of Topliss-reactive ketones (excluding diaryl/α,β-unsaturated/α-hetero) is 1. The summed E-state index contributed by atoms with van der Waals surface area (Å²) >= 11 is 0. The van der Waals surface area contributed by atoms with Gasteiger partial charge in [0.15, 0.2) is 0 Å². The normalized spacial score (nSPS) is 17.3. The number of hydrogen-bond donors (Lipinski definition) is 1. The van der Waals surface area contributed by atoms with E-state index in [4.69, 9.17) is 14.2 Å². The predicted octanol–water partition coefficient (Wildman–Crippen LogP) is 5.03. The summed E-state index contributed by atoms with van der Waals surface area (Å²) in [6, 6.07) is 11.7. The van der Waals surface area contributed by atoms with Gasteiger partial charge in [0.1, 0.15) is 17.3 Å². The number of rotatable bonds is 11. The van der Waals surface area contributed by atoms with Gasteiger partial charge in [-0.25, -0.2) is 0 Å². The Morgan fingerprint density at radius 2 is 1.80 bits per heavy atom. The van der Waals surface area contributed by atoms with E-state index in [-0.39, 0.29) is 17.4 Å². The fourth-order valence-corrected chi connectivity index (χ4v) is 4.12. The van der Waals surface area contributed by atoms with Crippen molar-refractivity contribution in [3.8, 4) is 11.5 Å². The summed E-state index contributed by atoms with van der Waals surface area (Å²) in [6.07, 6.45) is 1.53. The number of ether oxygens (including phenoxy) is 3. The topological polar surface area (TPSA) is 85.3 Å². The number of benzene rings is 2. The van der Waals surface area contributed by atoms with E-state index in [9.17, 15) is 14.7 Å². The summed E-state index contributed by atoms with van der Waals surface area (Å²) in [5.74, 6) is -0.140. The lowest BCUT2D eigenvalue weighted by Crippen LogP contribution is -2.31. The van der Waals surface area contributed by atoms with E-state index >= 15 is 0 Å². The Bertz CT molecular complexity index is 1070. The molecule has 1 aliphatic heterocycles. The molecule has 1 heterocycles. The summed E-state index contributed by atoms with van der Waals surface area (Å²) in [5, 5.41) is 11.3. The molecule has 7 heteroatoms. The van der Waals surface area contributed by atoms with Gasteiger partial charge in [0, 0.05) is 18.7 Å². The third kappa shape index (κ3) is 6.03. The molecule has 1 atom stereocenters. The number of ketones is 1. The van der Waals surface area contributed by atoms with Crippen LogP contribution in [0.1, 0.15) is 56.3 Å². The van der Waals surface area contributed by atoms with E-state index < -0.39 is 17.7 Å². The van der Waals surface area contributed by atoms with Gasteiger partial charge in [-0.15, -0.1) is 0 Å². The summed E-state index contributed by atoms with van der Waals surface area (Å²) in [5.41, 5.74) is 2.09. The Morgan fingerprint density at radius 3 is 2.40 bits per heavy atom. The molecule has 0 aliphatic carbocycles. The second kappa shape index (κ2) is 11.9. The number of aliphatic hydroxyl groups excluding tert-OH is 1. The molecule has 188 valence electrons. The molecule has 3 rings (SSSR count). The van der Waals surface area contributed by atoms with Crippen molar-refractivity contribution in [3.63, 3.8) is 0 Å². The summed E-state index contributed by atoms with van der Waals surface area (Å²) in [6.45, 7) is 9.20. The van der Waals surface area contributed by atoms with Gasteiger partial charge in [-0.1, -0.05) is 19.1 Å². The van der Waals surface area contributed by atoms with Crippen LogP contribution in [0, 0.1) is 6.92 Å². The highest BCUT2D eigenvalue weighted by atomic mass is 16.5. The zero-order valence-electron chi connectivity index (χ0n) is 21.2. The van der Waals surface area contributed by atoms with E-state index in [1.54, 1.807) is 37.4 Å². The molecule has 1 saturated heterocycles. The summed E-state index contributed by atoms with van der Waals surface area (Å²) in [4.78, 5) is 27.8. The molecule has 0 radical (unpaired) electrons. The van der Waals surface area contributed by atoms with Crippen LogP contribution in [0.15, 0.2) is 48.0 Å². The van der Waals surface area contributed by atoms with Crippen molar-refractivity contribution in [2.24, 2.45) is 0 Å². The van der Waals surface area contributed by atoms with Crippen molar-refractivity contribution in [1.29, 1.82) is 0 Å². The van der Waals surface area contributed by atoms with Crippen molar-refractivity contribution in [2.75, 3.05) is 26.9 Å². The van der Waals surface area contributed by atoms with Gasteiger partial charge in [0.25, 0.3) is 11.7 Å². The van der Waals surface area contributed by atoms with Crippen LogP contribution < -0.4 is 9.47 Å². The van der Waals surface area contributed by atoms with E-state index in [1.165, 1.54) is 4.90 Å². The molecule has 7 nitrogen and oxygen atoms in total.